The second kappa shape index (κ2) is 14.2. The molecule has 0 saturated heterocycles. The van der Waals surface area contributed by atoms with Gasteiger partial charge in [0.25, 0.3) is 0 Å². The minimum absolute atomic E-state index is 0.263. The standard InChI is InChI=1S/C23H34O3/c1-3-5-7-9-11-13-16-20-17-15-18-21(23(24)25)22(20)26-19-14-12-10-8-6-4-2/h8-11,15,17-18H,3-7,12-14,16,19H2,1-2H3,(H,24,25). The number of aryl methyl sites for hydroxylation is 1. The Balaban J connectivity index is 2.62. The van der Waals surface area contributed by atoms with Gasteiger partial charge in [-0.2, -0.15) is 0 Å². The minimum atomic E-state index is -0.928. The van der Waals surface area contributed by atoms with Crippen molar-refractivity contribution < 1.29 is 14.6 Å². The summed E-state index contributed by atoms with van der Waals surface area (Å²) in [7, 11) is 0. The maximum atomic E-state index is 11.5. The minimum Gasteiger partial charge on any atom is -0.492 e. The molecule has 1 aromatic rings. The van der Waals surface area contributed by atoms with E-state index in [-0.39, 0.29) is 5.56 Å². The number of hydrogen-bond acceptors (Lipinski definition) is 2. The summed E-state index contributed by atoms with van der Waals surface area (Å²) in [5, 5.41) is 9.45. The molecule has 0 aliphatic carbocycles. The third-order valence-electron chi connectivity index (χ3n) is 4.18. The highest BCUT2D eigenvalue weighted by atomic mass is 16.5. The summed E-state index contributed by atoms with van der Waals surface area (Å²) >= 11 is 0. The Morgan fingerprint density at radius 3 is 2.35 bits per heavy atom. The van der Waals surface area contributed by atoms with Crippen molar-refractivity contribution in [1.29, 1.82) is 0 Å². The second-order valence-corrected chi connectivity index (χ2v) is 6.50. The van der Waals surface area contributed by atoms with Gasteiger partial charge >= 0.3 is 5.97 Å². The van der Waals surface area contributed by atoms with Crippen LogP contribution in [0.15, 0.2) is 42.5 Å². The van der Waals surface area contributed by atoms with E-state index in [1.54, 1.807) is 12.1 Å². The molecule has 0 aromatic heterocycles. The molecule has 1 aromatic carbocycles. The molecule has 0 heterocycles. The van der Waals surface area contributed by atoms with E-state index in [1.807, 2.05) is 6.07 Å². The molecule has 144 valence electrons. The summed E-state index contributed by atoms with van der Waals surface area (Å²) in [6.07, 6.45) is 18.1. The molecule has 0 aliphatic heterocycles. The first-order valence-electron chi connectivity index (χ1n) is 9.98. The molecule has 0 unspecified atom stereocenters. The van der Waals surface area contributed by atoms with E-state index < -0.39 is 5.97 Å². The summed E-state index contributed by atoms with van der Waals surface area (Å²) in [5.74, 6) is -0.386. The zero-order chi connectivity index (χ0) is 19.0. The highest BCUT2D eigenvalue weighted by Gasteiger charge is 2.14. The number of carboxylic acid groups (broad SMARTS) is 1. The summed E-state index contributed by atoms with van der Waals surface area (Å²) in [4.78, 5) is 11.5. The summed E-state index contributed by atoms with van der Waals surface area (Å²) in [5.41, 5.74) is 1.24. The fourth-order valence-corrected chi connectivity index (χ4v) is 2.69. The number of unbranched alkanes of at least 4 members (excludes halogenated alkanes) is 4. The van der Waals surface area contributed by atoms with Crippen LogP contribution in [0.2, 0.25) is 0 Å². The van der Waals surface area contributed by atoms with E-state index >= 15 is 0 Å². The van der Waals surface area contributed by atoms with Crippen LogP contribution in [0.1, 0.15) is 81.1 Å². The average molecular weight is 359 g/mol. The monoisotopic (exact) mass is 358 g/mol. The Morgan fingerprint density at radius 1 is 0.962 bits per heavy atom. The van der Waals surface area contributed by atoms with Gasteiger partial charge in [0.2, 0.25) is 0 Å². The SMILES string of the molecule is CCCC=CCCCOc1c(CCC=CCCCC)cccc1C(=O)O. The topological polar surface area (TPSA) is 46.5 Å². The van der Waals surface area contributed by atoms with Gasteiger partial charge in [0.05, 0.1) is 6.61 Å². The largest absolute Gasteiger partial charge is 0.492 e. The van der Waals surface area contributed by atoms with Crippen molar-refractivity contribution in [2.24, 2.45) is 0 Å². The van der Waals surface area contributed by atoms with Crippen LogP contribution in [0.25, 0.3) is 0 Å². The lowest BCUT2D eigenvalue weighted by Gasteiger charge is -2.13. The van der Waals surface area contributed by atoms with Crippen molar-refractivity contribution in [3.63, 3.8) is 0 Å². The first-order chi connectivity index (χ1) is 12.7. The van der Waals surface area contributed by atoms with E-state index in [9.17, 15) is 9.90 Å². The molecule has 0 saturated carbocycles. The molecule has 0 aliphatic rings. The van der Waals surface area contributed by atoms with Crippen molar-refractivity contribution in [2.45, 2.75) is 71.6 Å². The molecule has 1 N–H and O–H groups in total. The van der Waals surface area contributed by atoms with Crippen LogP contribution in [-0.4, -0.2) is 17.7 Å². The first-order valence-corrected chi connectivity index (χ1v) is 9.98. The molecule has 0 atom stereocenters. The third-order valence-corrected chi connectivity index (χ3v) is 4.18. The number of allylic oxidation sites excluding steroid dienone is 4. The van der Waals surface area contributed by atoms with E-state index in [0.717, 1.165) is 50.5 Å². The first kappa shape index (κ1) is 22.0. The van der Waals surface area contributed by atoms with E-state index in [4.69, 9.17) is 4.74 Å². The van der Waals surface area contributed by atoms with Crippen molar-refractivity contribution in [3.05, 3.63) is 53.6 Å². The van der Waals surface area contributed by atoms with Crippen LogP contribution in [0, 0.1) is 0 Å². The van der Waals surface area contributed by atoms with Crippen molar-refractivity contribution in [3.8, 4) is 5.75 Å². The lowest BCUT2D eigenvalue weighted by Crippen LogP contribution is -2.07. The van der Waals surface area contributed by atoms with Gasteiger partial charge in [-0.15, -0.1) is 0 Å². The molecule has 0 amide bonds. The van der Waals surface area contributed by atoms with E-state index in [0.29, 0.717) is 12.4 Å². The predicted octanol–water partition coefficient (Wildman–Crippen LogP) is 6.58. The summed E-state index contributed by atoms with van der Waals surface area (Å²) in [6.45, 7) is 4.89. The van der Waals surface area contributed by atoms with Crippen molar-refractivity contribution >= 4 is 5.97 Å². The summed E-state index contributed by atoms with van der Waals surface area (Å²) < 4.78 is 5.89. The van der Waals surface area contributed by atoms with Gasteiger partial charge in [0.15, 0.2) is 0 Å². The van der Waals surface area contributed by atoms with Gasteiger partial charge in [-0.05, 0) is 50.2 Å². The molecule has 1 rings (SSSR count). The molecule has 0 radical (unpaired) electrons. The molecule has 3 nitrogen and oxygen atoms in total. The van der Waals surface area contributed by atoms with Crippen LogP contribution in [0.5, 0.6) is 5.75 Å². The van der Waals surface area contributed by atoms with Gasteiger partial charge in [-0.25, -0.2) is 4.79 Å². The van der Waals surface area contributed by atoms with Gasteiger partial charge in [0, 0.05) is 0 Å². The molecular formula is C23H34O3. The number of rotatable bonds is 14. The quantitative estimate of drug-likeness (QED) is 0.302. The number of carbonyl (C=O) groups is 1. The van der Waals surface area contributed by atoms with Crippen LogP contribution in [0.3, 0.4) is 0 Å². The van der Waals surface area contributed by atoms with Gasteiger partial charge in [-0.3, -0.25) is 0 Å². The number of carboxylic acids is 1. The lowest BCUT2D eigenvalue weighted by molar-refractivity contribution is 0.0692. The third kappa shape index (κ3) is 8.89. The molecule has 0 spiro atoms. The number of hydrogen-bond donors (Lipinski definition) is 1. The second-order valence-electron chi connectivity index (χ2n) is 6.50. The maximum Gasteiger partial charge on any atom is 0.339 e. The number of ether oxygens (including phenoxy) is 1. The number of aromatic carboxylic acids is 1. The maximum absolute atomic E-state index is 11.5. The molecular weight excluding hydrogens is 324 g/mol. The van der Waals surface area contributed by atoms with Crippen LogP contribution >= 0.6 is 0 Å². The fourth-order valence-electron chi connectivity index (χ4n) is 2.69. The van der Waals surface area contributed by atoms with Crippen LogP contribution < -0.4 is 4.74 Å². The van der Waals surface area contributed by atoms with Crippen LogP contribution in [-0.2, 0) is 6.42 Å². The number of para-hydroxylation sites is 1. The average Bonchev–Trinajstić information content (AvgIpc) is 2.64. The van der Waals surface area contributed by atoms with Gasteiger partial charge in [-0.1, -0.05) is 69.5 Å². The Kier molecular flexibility index (Phi) is 12.0. The smallest absolute Gasteiger partial charge is 0.339 e. The Bertz CT molecular complexity index is 573. The highest BCUT2D eigenvalue weighted by Crippen LogP contribution is 2.26. The fraction of sp³-hybridized carbons (Fsp3) is 0.522. The zero-order valence-electron chi connectivity index (χ0n) is 16.4. The van der Waals surface area contributed by atoms with E-state index in [2.05, 4.69) is 38.2 Å². The lowest BCUT2D eigenvalue weighted by atomic mass is 10.0. The predicted molar refractivity (Wildman–Crippen MR) is 109 cm³/mol. The van der Waals surface area contributed by atoms with Gasteiger partial charge in [0.1, 0.15) is 11.3 Å². The Morgan fingerprint density at radius 2 is 1.65 bits per heavy atom. The normalized spacial score (nSPS) is 11.5. The highest BCUT2D eigenvalue weighted by molar-refractivity contribution is 5.91. The van der Waals surface area contributed by atoms with Crippen molar-refractivity contribution in [1.82, 2.24) is 0 Å². The molecule has 0 bridgehead atoms. The Labute approximate surface area is 158 Å². The zero-order valence-corrected chi connectivity index (χ0v) is 16.4. The molecule has 0 fully saturated rings. The summed E-state index contributed by atoms with van der Waals surface area (Å²) in [6, 6.07) is 5.40. The molecule has 3 heteroatoms. The van der Waals surface area contributed by atoms with Gasteiger partial charge < -0.3 is 9.84 Å². The van der Waals surface area contributed by atoms with E-state index in [1.165, 1.54) is 12.8 Å². The number of benzene rings is 1. The molecule has 26 heavy (non-hydrogen) atoms. The van der Waals surface area contributed by atoms with Crippen LogP contribution in [0.4, 0.5) is 0 Å². The van der Waals surface area contributed by atoms with Crippen molar-refractivity contribution in [2.75, 3.05) is 6.61 Å². The Hall–Kier alpha value is -2.03.